The molecule has 1 aromatic rings. The van der Waals surface area contributed by atoms with E-state index in [0.29, 0.717) is 13.2 Å². The molecule has 0 radical (unpaired) electrons. The first-order valence-corrected chi connectivity index (χ1v) is 6.21. The van der Waals surface area contributed by atoms with Gasteiger partial charge < -0.3 is 14.8 Å². The lowest BCUT2D eigenvalue weighted by Crippen LogP contribution is -2.32. The van der Waals surface area contributed by atoms with E-state index in [-0.39, 0.29) is 11.6 Å². The summed E-state index contributed by atoms with van der Waals surface area (Å²) in [5.74, 6) is -1.23. The number of carbonyl (C=O) groups is 1. The minimum Gasteiger partial charge on any atom is -0.465 e. The van der Waals surface area contributed by atoms with E-state index in [0.717, 1.165) is 12.0 Å². The predicted molar refractivity (Wildman–Crippen MR) is 70.5 cm³/mol. The third-order valence-corrected chi connectivity index (χ3v) is 2.89. The van der Waals surface area contributed by atoms with Crippen LogP contribution in [0.2, 0.25) is 0 Å². The molecule has 1 rings (SSSR count). The SMILES string of the molecule is CCC(COC)NCc1ccc(C(=O)OC)c(F)c1. The number of carbonyl (C=O) groups excluding carboxylic acids is 1. The van der Waals surface area contributed by atoms with Crippen molar-refractivity contribution in [1.29, 1.82) is 0 Å². The first kappa shape index (κ1) is 15.6. The number of rotatable bonds is 7. The fourth-order valence-corrected chi connectivity index (χ4v) is 1.73. The Morgan fingerprint density at radius 3 is 2.68 bits per heavy atom. The van der Waals surface area contributed by atoms with Crippen molar-refractivity contribution in [3.8, 4) is 0 Å². The smallest absolute Gasteiger partial charge is 0.340 e. The molecule has 0 aromatic heterocycles. The molecule has 1 N–H and O–H groups in total. The lowest BCUT2D eigenvalue weighted by Gasteiger charge is -2.16. The van der Waals surface area contributed by atoms with Crippen molar-refractivity contribution >= 4 is 5.97 Å². The van der Waals surface area contributed by atoms with Crippen molar-refractivity contribution < 1.29 is 18.7 Å². The Labute approximate surface area is 112 Å². The molecule has 4 nitrogen and oxygen atoms in total. The highest BCUT2D eigenvalue weighted by atomic mass is 19.1. The van der Waals surface area contributed by atoms with Crippen LogP contribution in [0, 0.1) is 5.82 Å². The highest BCUT2D eigenvalue weighted by molar-refractivity contribution is 5.89. The molecule has 19 heavy (non-hydrogen) atoms. The Balaban J connectivity index is 2.65. The van der Waals surface area contributed by atoms with Crippen LogP contribution in [0.1, 0.15) is 29.3 Å². The molecule has 0 fully saturated rings. The molecule has 0 saturated carbocycles. The van der Waals surface area contributed by atoms with Crippen molar-refractivity contribution in [2.45, 2.75) is 25.9 Å². The van der Waals surface area contributed by atoms with Gasteiger partial charge in [0.15, 0.2) is 0 Å². The number of benzene rings is 1. The van der Waals surface area contributed by atoms with Gasteiger partial charge in [0.25, 0.3) is 0 Å². The fourth-order valence-electron chi connectivity index (χ4n) is 1.73. The molecule has 0 bridgehead atoms. The summed E-state index contributed by atoms with van der Waals surface area (Å²) in [6, 6.07) is 4.73. The molecule has 0 heterocycles. The van der Waals surface area contributed by atoms with E-state index in [9.17, 15) is 9.18 Å². The normalized spacial score (nSPS) is 12.2. The Morgan fingerprint density at radius 2 is 2.16 bits per heavy atom. The van der Waals surface area contributed by atoms with Crippen molar-refractivity contribution in [3.63, 3.8) is 0 Å². The van der Waals surface area contributed by atoms with Gasteiger partial charge in [0.05, 0.1) is 19.3 Å². The van der Waals surface area contributed by atoms with Gasteiger partial charge in [0, 0.05) is 19.7 Å². The number of ether oxygens (including phenoxy) is 2. The van der Waals surface area contributed by atoms with Crippen molar-refractivity contribution in [2.75, 3.05) is 20.8 Å². The van der Waals surface area contributed by atoms with E-state index in [1.54, 1.807) is 13.2 Å². The van der Waals surface area contributed by atoms with Crippen molar-refractivity contribution in [2.24, 2.45) is 0 Å². The summed E-state index contributed by atoms with van der Waals surface area (Å²) in [5.41, 5.74) is 0.731. The Bertz CT molecular complexity index is 423. The molecule has 0 spiro atoms. The van der Waals surface area contributed by atoms with Gasteiger partial charge in [0.2, 0.25) is 0 Å². The van der Waals surface area contributed by atoms with E-state index in [4.69, 9.17) is 4.74 Å². The number of nitrogens with one attached hydrogen (secondary N) is 1. The van der Waals surface area contributed by atoms with E-state index in [1.165, 1.54) is 19.2 Å². The average molecular weight is 269 g/mol. The lowest BCUT2D eigenvalue weighted by molar-refractivity contribution is 0.0595. The molecular weight excluding hydrogens is 249 g/mol. The Morgan fingerprint density at radius 1 is 1.42 bits per heavy atom. The lowest BCUT2D eigenvalue weighted by atomic mass is 10.1. The molecule has 5 heteroatoms. The number of esters is 1. The third-order valence-electron chi connectivity index (χ3n) is 2.89. The summed E-state index contributed by atoms with van der Waals surface area (Å²) >= 11 is 0. The minimum absolute atomic E-state index is 0.0461. The van der Waals surface area contributed by atoms with Crippen LogP contribution < -0.4 is 5.32 Å². The second-order valence-corrected chi connectivity index (χ2v) is 4.25. The maximum atomic E-state index is 13.7. The maximum Gasteiger partial charge on any atom is 0.340 e. The van der Waals surface area contributed by atoms with Crippen molar-refractivity contribution in [3.05, 3.63) is 35.1 Å². The van der Waals surface area contributed by atoms with Crippen LogP contribution in [0.5, 0.6) is 0 Å². The molecule has 0 aliphatic heterocycles. The van der Waals surface area contributed by atoms with Crippen LogP contribution >= 0.6 is 0 Å². The third kappa shape index (κ3) is 4.61. The van der Waals surface area contributed by atoms with Gasteiger partial charge in [0.1, 0.15) is 5.82 Å². The second-order valence-electron chi connectivity index (χ2n) is 4.25. The van der Waals surface area contributed by atoms with E-state index >= 15 is 0 Å². The van der Waals surface area contributed by atoms with Crippen LogP contribution in [0.25, 0.3) is 0 Å². The minimum atomic E-state index is -0.664. The molecular formula is C14H20FNO3. The largest absolute Gasteiger partial charge is 0.465 e. The summed E-state index contributed by atoms with van der Waals surface area (Å²) in [6.07, 6.45) is 0.927. The molecule has 1 aromatic carbocycles. The van der Waals surface area contributed by atoms with Gasteiger partial charge in [-0.1, -0.05) is 13.0 Å². The first-order chi connectivity index (χ1) is 9.12. The van der Waals surface area contributed by atoms with Gasteiger partial charge in [-0.15, -0.1) is 0 Å². The first-order valence-electron chi connectivity index (χ1n) is 6.21. The molecule has 0 aliphatic rings. The van der Waals surface area contributed by atoms with Crippen LogP contribution in [0.3, 0.4) is 0 Å². The standard InChI is InChI=1S/C14H20FNO3/c1-4-11(9-18-2)16-8-10-5-6-12(13(15)7-10)14(17)19-3/h5-7,11,16H,4,8-9H2,1-3H3. The zero-order valence-corrected chi connectivity index (χ0v) is 11.5. The molecule has 1 atom stereocenters. The van der Waals surface area contributed by atoms with Gasteiger partial charge in [-0.2, -0.15) is 0 Å². The molecule has 0 amide bonds. The van der Waals surface area contributed by atoms with Gasteiger partial charge in [-0.05, 0) is 24.1 Å². The number of hydrogen-bond donors (Lipinski definition) is 1. The highest BCUT2D eigenvalue weighted by Gasteiger charge is 2.12. The van der Waals surface area contributed by atoms with Gasteiger partial charge >= 0.3 is 5.97 Å². The van der Waals surface area contributed by atoms with E-state index < -0.39 is 11.8 Å². The number of methoxy groups -OCH3 is 2. The molecule has 0 aliphatic carbocycles. The number of halogens is 1. The summed E-state index contributed by atoms with van der Waals surface area (Å²) in [4.78, 5) is 11.2. The second kappa shape index (κ2) is 7.86. The topological polar surface area (TPSA) is 47.6 Å². The summed E-state index contributed by atoms with van der Waals surface area (Å²) < 4.78 is 23.3. The monoisotopic (exact) mass is 269 g/mol. The average Bonchev–Trinajstić information content (AvgIpc) is 2.42. The quantitative estimate of drug-likeness (QED) is 0.770. The Hall–Kier alpha value is -1.46. The summed E-state index contributed by atoms with van der Waals surface area (Å²) in [7, 11) is 2.88. The highest BCUT2D eigenvalue weighted by Crippen LogP contribution is 2.12. The maximum absolute atomic E-state index is 13.7. The van der Waals surface area contributed by atoms with Gasteiger partial charge in [-0.3, -0.25) is 0 Å². The Kier molecular flexibility index (Phi) is 6.45. The van der Waals surface area contributed by atoms with E-state index in [2.05, 4.69) is 17.0 Å². The van der Waals surface area contributed by atoms with Gasteiger partial charge in [-0.25, -0.2) is 9.18 Å². The molecule has 0 saturated heterocycles. The van der Waals surface area contributed by atoms with Crippen LogP contribution in [-0.2, 0) is 16.0 Å². The van der Waals surface area contributed by atoms with E-state index in [1.807, 2.05) is 0 Å². The fraction of sp³-hybridized carbons (Fsp3) is 0.500. The summed E-state index contributed by atoms with van der Waals surface area (Å²) in [5, 5.41) is 3.27. The summed E-state index contributed by atoms with van der Waals surface area (Å²) in [6.45, 7) is 3.19. The van der Waals surface area contributed by atoms with Crippen LogP contribution in [0.4, 0.5) is 4.39 Å². The van der Waals surface area contributed by atoms with Crippen molar-refractivity contribution in [1.82, 2.24) is 5.32 Å². The molecule has 106 valence electrons. The zero-order valence-electron chi connectivity index (χ0n) is 11.5. The van der Waals surface area contributed by atoms with Crippen LogP contribution in [0.15, 0.2) is 18.2 Å². The van der Waals surface area contributed by atoms with Crippen LogP contribution in [-0.4, -0.2) is 32.8 Å². The predicted octanol–water partition coefficient (Wildman–Crippen LogP) is 2.13. The number of hydrogen-bond acceptors (Lipinski definition) is 4. The molecule has 1 unspecified atom stereocenters. The zero-order chi connectivity index (χ0) is 14.3.